The Morgan fingerprint density at radius 2 is 0.548 bits per heavy atom. The Hall–Kier alpha value is -13.7. The molecule has 0 saturated heterocycles. The number of aromatic nitrogens is 8. The van der Waals surface area contributed by atoms with E-state index in [0.29, 0.717) is 16.8 Å². The van der Waals surface area contributed by atoms with Gasteiger partial charge < -0.3 is 39.9 Å². The number of rotatable bonds is 15. The Morgan fingerprint density at radius 1 is 0.259 bits per heavy atom. The van der Waals surface area contributed by atoms with Gasteiger partial charge in [-0.3, -0.25) is 0 Å². The Bertz CT molecular complexity index is 6670. The number of pyridine rings is 8. The quantitative estimate of drug-likeness (QED) is 0.0935. The van der Waals surface area contributed by atoms with Crippen molar-refractivity contribution in [1.29, 1.82) is 0 Å². The van der Waals surface area contributed by atoms with Crippen LogP contribution in [0.2, 0.25) is 0 Å². The largest absolute Gasteiger partial charge is 0.305 e. The zero-order valence-electron chi connectivity index (χ0n) is 86.4. The van der Waals surface area contributed by atoms with Gasteiger partial charge >= 0.3 is 0 Å². The van der Waals surface area contributed by atoms with E-state index in [1.807, 2.05) is 285 Å². The molecule has 1 unspecified atom stereocenters. The summed E-state index contributed by atoms with van der Waals surface area (Å²) in [5.41, 5.74) is 22.0. The van der Waals surface area contributed by atoms with Crippen molar-refractivity contribution in [3.8, 4) is 135 Å². The molecular weight excluding hydrogens is 2370 g/mol. The zero-order valence-corrected chi connectivity index (χ0v) is 83.0. The maximum absolute atomic E-state index is 14.3. The van der Waals surface area contributed by atoms with Crippen molar-refractivity contribution in [1.82, 2.24) is 39.9 Å². The van der Waals surface area contributed by atoms with E-state index in [-0.39, 0.29) is 103 Å². The van der Waals surface area contributed by atoms with E-state index in [4.69, 9.17) is 17.8 Å². The van der Waals surface area contributed by atoms with Crippen molar-refractivity contribution in [2.45, 2.75) is 53.6 Å². The van der Waals surface area contributed by atoms with Crippen molar-refractivity contribution >= 4 is 0 Å². The monoisotopic (exact) mass is 2480 g/mol. The molecule has 8 nitrogen and oxygen atoms in total. The van der Waals surface area contributed by atoms with Crippen LogP contribution in [-0.2, 0) is 86.8 Å². The molecule has 12 aromatic carbocycles. The van der Waals surface area contributed by atoms with Crippen LogP contribution in [0.4, 0.5) is 8.78 Å². The zero-order chi connectivity index (χ0) is 102. The van der Waals surface area contributed by atoms with Crippen LogP contribution in [0.25, 0.3) is 135 Å². The van der Waals surface area contributed by atoms with Gasteiger partial charge in [0.15, 0.2) is 0 Å². The van der Waals surface area contributed by atoms with Gasteiger partial charge in [0.1, 0.15) is 11.6 Å². The van der Waals surface area contributed by atoms with Gasteiger partial charge in [-0.1, -0.05) is 185 Å². The van der Waals surface area contributed by atoms with Crippen LogP contribution in [0.5, 0.6) is 0 Å². The van der Waals surface area contributed by atoms with Crippen molar-refractivity contribution in [2.24, 2.45) is 5.89 Å². The minimum atomic E-state index is -2.64. The maximum atomic E-state index is 14.3. The van der Waals surface area contributed by atoms with Gasteiger partial charge in [-0.25, -0.2) is 8.78 Å². The fourth-order valence-corrected chi connectivity index (χ4v) is 12.9. The molecule has 8 aromatic heterocycles. The second-order valence-electron chi connectivity index (χ2n) is 29.1. The molecule has 8 heterocycles. The first-order chi connectivity index (χ1) is 69.3. The molecule has 20 rings (SSSR count). The van der Waals surface area contributed by atoms with E-state index in [1.54, 1.807) is 91.5 Å². The average molecular weight is 2480 g/mol. The Morgan fingerprint density at radius 3 is 0.837 bits per heavy atom. The minimum absolute atomic E-state index is 0. The summed E-state index contributed by atoms with van der Waals surface area (Å²) in [5, 5.41) is 0. The Balaban J connectivity index is 0.000000190. The van der Waals surface area contributed by atoms with Crippen LogP contribution in [0, 0.1) is 79.8 Å². The van der Waals surface area contributed by atoms with Gasteiger partial charge in [-0.2, -0.15) is 0 Å². The Kier molecular flexibility index (Phi) is 36.6. The minimum Gasteiger partial charge on any atom is -0.305 e. The van der Waals surface area contributed by atoms with Crippen molar-refractivity contribution < 1.29 is 107 Å². The van der Waals surface area contributed by atoms with Gasteiger partial charge in [-0.05, 0) is 193 Å². The maximum Gasteiger partial charge on any atom is 0.126 e. The van der Waals surface area contributed by atoms with Crippen molar-refractivity contribution in [2.75, 3.05) is 0 Å². The number of aryl methyl sites for hydroxylation is 2. The SMILES string of the molecule is [2H]C(C)(C)C([2H])([2H])c1cc(-c2ccnc(-c3[c-]cccc3)c2)ccc1F.[2H]C([2H])([2H])C([2H])(C)c1cc(-c2ccnc(-c3[c-]cccc3)c2)ccc1F.[2H]C([2H])([2H])c1ccc(-c2[c-]cccc2)nc1.[2H]C([2H])([2H])c1ccc(-c2[c-]cccc2)nc1.[Ir].[Ir].[Ir].[Ir].[c-]1ccccc1-c1ccc(-c2ccccc2)cn1.[c-]1ccccc1-c1ccc(-c2ccccc2)cn1.[c-]1ccccc1-c1ccccn1.[c-]1ccccc1-c1ccccn1. The predicted molar refractivity (Wildman–Crippen MR) is 532 cm³/mol. The molecule has 0 saturated carbocycles. The number of hydrogen-bond donors (Lipinski definition) is 0. The average Bonchev–Trinajstić information content (AvgIpc) is 0.773. The summed E-state index contributed by atoms with van der Waals surface area (Å²) in [5.74, 6) is -4.87. The van der Waals surface area contributed by atoms with Gasteiger partial charge in [0.05, 0.1) is 0 Å². The van der Waals surface area contributed by atoms with Crippen molar-refractivity contribution in [3.05, 3.63) is 532 Å². The first-order valence-corrected chi connectivity index (χ1v) is 41.9. The predicted octanol–water partition coefficient (Wildman–Crippen LogP) is 30.3. The van der Waals surface area contributed by atoms with Crippen molar-refractivity contribution in [3.63, 3.8) is 0 Å². The molecule has 0 fully saturated rings. The van der Waals surface area contributed by atoms with Gasteiger partial charge in [0.25, 0.3) is 0 Å². The van der Waals surface area contributed by atoms with Crippen LogP contribution in [0.15, 0.2) is 450 Å². The molecule has 135 heavy (non-hydrogen) atoms. The third kappa shape index (κ3) is 33.5. The van der Waals surface area contributed by atoms with Crippen LogP contribution in [0.1, 0.15) is 73.6 Å². The first kappa shape index (κ1) is 86.7. The molecule has 1 atom stereocenters. The van der Waals surface area contributed by atoms with E-state index in [9.17, 15) is 8.78 Å². The second kappa shape index (κ2) is 57.0. The summed E-state index contributed by atoms with van der Waals surface area (Å²) in [7, 11) is 0. The first-order valence-electron chi connectivity index (χ1n) is 48.4. The van der Waals surface area contributed by atoms with E-state index < -0.39 is 50.4 Å². The number of hydrogen-bond acceptors (Lipinski definition) is 8. The smallest absolute Gasteiger partial charge is 0.126 e. The molecule has 678 valence electrons. The molecule has 0 bridgehead atoms. The Labute approximate surface area is 866 Å². The van der Waals surface area contributed by atoms with Crippen LogP contribution < -0.4 is 0 Å². The van der Waals surface area contributed by atoms with E-state index >= 15 is 0 Å². The summed E-state index contributed by atoms with van der Waals surface area (Å²) in [6, 6.07) is 149. The standard InChI is InChI=1S/C21H19FN.C20H17FN.2C17H12N.2C12H10N.2C11H8N.4Ir/c1-15(2)12-19-13-17(8-9-20(19)22)18-10-11-23-21(14-18)16-6-4-3-5-7-16;1-14(2)18-12-16(8-9-19(18)21)17-10-11-22-20(13-17)15-6-4-3-5-7-15;2*1-3-7-14(8-4-1)16-11-12-17(18-13-16)15-9-5-2-6-10-15;2*1-10-7-8-12(13-9-10)11-5-3-2-4-6-11;2*1-2-6-10(7-3-1)11-8-4-5-9-12-11;;;;/h3-6,8-11,13-15H,12H2,1-2H3;3-6,8-14H,1-2H3;2*1-9,11-13H;2*2-5,7-9H,1H3;2*1-6,8-9H;;;;/q8*-1;;;;/i12D2,15D;1D3,14D;;;2*1D3;;;;;;. The molecule has 0 aliphatic rings. The molecule has 0 aliphatic carbocycles. The number of benzene rings is 12. The van der Waals surface area contributed by atoms with Gasteiger partial charge in [0.2, 0.25) is 0 Å². The van der Waals surface area contributed by atoms with Crippen LogP contribution in [-0.4, -0.2) is 39.9 Å². The number of nitrogens with zero attached hydrogens (tertiary/aromatic N) is 8. The molecule has 0 spiro atoms. The molecule has 0 amide bonds. The third-order valence-corrected chi connectivity index (χ3v) is 19.4. The summed E-state index contributed by atoms with van der Waals surface area (Å²) >= 11 is 0. The molecule has 14 heteroatoms. The summed E-state index contributed by atoms with van der Waals surface area (Å²) in [6.45, 7) is -2.74. The van der Waals surface area contributed by atoms with Gasteiger partial charge in [-0.15, -0.1) is 287 Å². The third-order valence-electron chi connectivity index (χ3n) is 19.4. The second-order valence-corrected chi connectivity index (χ2v) is 29.1. The molecule has 20 aromatic rings. The fourth-order valence-electron chi connectivity index (χ4n) is 12.9. The normalized spacial score (nSPS) is 12.3. The summed E-state index contributed by atoms with van der Waals surface area (Å²) in [6.07, 6.45) is 11.3. The van der Waals surface area contributed by atoms with E-state index in [2.05, 4.69) is 125 Å². The van der Waals surface area contributed by atoms with E-state index in [1.165, 1.54) is 68.6 Å². The molecule has 0 N–H and O–H groups in total. The van der Waals surface area contributed by atoms with Crippen LogP contribution >= 0.6 is 0 Å². The summed E-state index contributed by atoms with van der Waals surface area (Å²) in [4.78, 5) is 34.4. The summed E-state index contributed by atoms with van der Waals surface area (Å²) < 4.78 is 127. The number of halogens is 2. The topological polar surface area (TPSA) is 103 Å². The molecule has 4 radical (unpaired) electrons. The fraction of sp³-hybridized carbons (Fsp3) is 0.0744. The van der Waals surface area contributed by atoms with Gasteiger partial charge in [0, 0.05) is 148 Å². The van der Waals surface area contributed by atoms with E-state index in [0.717, 1.165) is 107 Å². The molecule has 0 aliphatic heterocycles. The molecular formula is C121H96F2Ir4N8-8. The van der Waals surface area contributed by atoms with Crippen LogP contribution in [0.3, 0.4) is 0 Å².